The Morgan fingerprint density at radius 3 is 2.59 bits per heavy atom. The molecule has 32 heavy (non-hydrogen) atoms. The number of thiophene rings is 1. The highest BCUT2D eigenvalue weighted by Crippen LogP contribution is 2.24. The Hall–Kier alpha value is -3.52. The average Bonchev–Trinajstić information content (AvgIpc) is 3.24. The molecule has 1 amide bonds. The SMILES string of the molecule is Cc1cc(-n2c(=O)c3sccc3n(CC(=O)Nc3ccccc3C(C)C)c2=O)ccc1F. The number of nitrogens with zero attached hydrogens (tertiary/aromatic N) is 2. The number of para-hydroxylation sites is 1. The summed E-state index contributed by atoms with van der Waals surface area (Å²) in [5, 5.41) is 4.59. The van der Waals surface area contributed by atoms with Crippen molar-refractivity contribution in [3.05, 3.63) is 91.7 Å². The number of carbonyl (C=O) groups is 1. The lowest BCUT2D eigenvalue weighted by Crippen LogP contribution is -2.40. The molecule has 0 aliphatic heterocycles. The molecular formula is C24H22FN3O3S. The third kappa shape index (κ3) is 3.89. The van der Waals surface area contributed by atoms with Crippen LogP contribution in [0.4, 0.5) is 10.1 Å². The predicted octanol–water partition coefficient (Wildman–Crippen LogP) is 4.42. The van der Waals surface area contributed by atoms with Gasteiger partial charge >= 0.3 is 5.69 Å². The van der Waals surface area contributed by atoms with E-state index in [0.717, 1.165) is 10.1 Å². The maximum atomic E-state index is 13.7. The molecule has 0 radical (unpaired) electrons. The highest BCUT2D eigenvalue weighted by atomic mass is 32.1. The molecule has 0 unspecified atom stereocenters. The van der Waals surface area contributed by atoms with E-state index in [1.807, 2.05) is 38.1 Å². The van der Waals surface area contributed by atoms with Crippen LogP contribution in [0.15, 0.2) is 63.5 Å². The Kier molecular flexibility index (Phi) is 5.80. The van der Waals surface area contributed by atoms with Gasteiger partial charge in [0, 0.05) is 5.69 Å². The fourth-order valence-corrected chi connectivity index (χ4v) is 4.51. The number of fused-ring (bicyclic) bond motifs is 1. The van der Waals surface area contributed by atoms with Gasteiger partial charge in [0.15, 0.2) is 0 Å². The Bertz CT molecular complexity index is 1450. The van der Waals surface area contributed by atoms with Gasteiger partial charge in [-0.1, -0.05) is 32.0 Å². The lowest BCUT2D eigenvalue weighted by atomic mass is 10.0. The number of anilines is 1. The third-order valence-corrected chi connectivity index (χ3v) is 6.20. The second-order valence-corrected chi connectivity index (χ2v) is 8.78. The Labute approximate surface area is 187 Å². The summed E-state index contributed by atoms with van der Waals surface area (Å²) in [5.41, 5.74) is 1.49. The van der Waals surface area contributed by atoms with Crippen LogP contribution >= 0.6 is 11.3 Å². The lowest BCUT2D eigenvalue weighted by molar-refractivity contribution is -0.116. The van der Waals surface area contributed by atoms with E-state index in [1.54, 1.807) is 18.4 Å². The molecule has 6 nitrogen and oxygen atoms in total. The number of carbonyl (C=O) groups excluding carboxylic acids is 1. The van der Waals surface area contributed by atoms with E-state index in [-0.39, 0.29) is 24.1 Å². The summed E-state index contributed by atoms with van der Waals surface area (Å²) in [6.07, 6.45) is 0. The smallest absolute Gasteiger partial charge is 0.324 e. The molecule has 4 aromatic rings. The number of hydrogen-bond donors (Lipinski definition) is 1. The van der Waals surface area contributed by atoms with Crippen LogP contribution in [0.1, 0.15) is 30.9 Å². The molecule has 0 bridgehead atoms. The minimum absolute atomic E-state index is 0.210. The molecule has 1 N–H and O–H groups in total. The van der Waals surface area contributed by atoms with Crippen LogP contribution < -0.4 is 16.6 Å². The van der Waals surface area contributed by atoms with Crippen molar-refractivity contribution in [1.29, 1.82) is 0 Å². The van der Waals surface area contributed by atoms with Gasteiger partial charge in [-0.25, -0.2) is 13.8 Å². The number of aryl methyl sites for hydroxylation is 1. The summed E-state index contributed by atoms with van der Waals surface area (Å²) in [5.74, 6) is -0.600. The van der Waals surface area contributed by atoms with Crippen LogP contribution in [0.3, 0.4) is 0 Å². The monoisotopic (exact) mass is 451 g/mol. The number of aromatic nitrogens is 2. The number of amides is 1. The number of halogens is 1. The average molecular weight is 452 g/mol. The van der Waals surface area contributed by atoms with E-state index < -0.39 is 17.1 Å². The first-order valence-electron chi connectivity index (χ1n) is 10.2. The van der Waals surface area contributed by atoms with Crippen molar-refractivity contribution in [2.45, 2.75) is 33.2 Å². The molecule has 4 rings (SSSR count). The Balaban J connectivity index is 1.79. The van der Waals surface area contributed by atoms with Crippen molar-refractivity contribution in [1.82, 2.24) is 9.13 Å². The second-order valence-electron chi connectivity index (χ2n) is 7.87. The summed E-state index contributed by atoms with van der Waals surface area (Å²) in [7, 11) is 0. The van der Waals surface area contributed by atoms with Gasteiger partial charge in [-0.2, -0.15) is 0 Å². The summed E-state index contributed by atoms with van der Waals surface area (Å²) >= 11 is 1.19. The molecule has 164 valence electrons. The molecule has 2 aromatic carbocycles. The summed E-state index contributed by atoms with van der Waals surface area (Å²) in [4.78, 5) is 39.2. The fraction of sp³-hybridized carbons (Fsp3) is 0.208. The van der Waals surface area contributed by atoms with Gasteiger partial charge in [-0.05, 0) is 59.7 Å². The maximum Gasteiger partial charge on any atom is 0.336 e. The highest BCUT2D eigenvalue weighted by molar-refractivity contribution is 7.17. The molecule has 0 atom stereocenters. The van der Waals surface area contributed by atoms with Crippen molar-refractivity contribution >= 4 is 33.1 Å². The zero-order valence-electron chi connectivity index (χ0n) is 17.9. The first kappa shape index (κ1) is 21.7. The van der Waals surface area contributed by atoms with Crippen LogP contribution in [0.5, 0.6) is 0 Å². The largest absolute Gasteiger partial charge is 0.336 e. The van der Waals surface area contributed by atoms with Gasteiger partial charge < -0.3 is 5.32 Å². The van der Waals surface area contributed by atoms with Crippen LogP contribution in [0.2, 0.25) is 0 Å². The van der Waals surface area contributed by atoms with Crippen molar-refractivity contribution in [2.75, 3.05) is 5.32 Å². The van der Waals surface area contributed by atoms with E-state index in [9.17, 15) is 18.8 Å². The molecule has 0 spiro atoms. The normalized spacial score (nSPS) is 11.3. The Morgan fingerprint density at radius 1 is 1.12 bits per heavy atom. The van der Waals surface area contributed by atoms with Crippen molar-refractivity contribution in [3.8, 4) is 5.69 Å². The van der Waals surface area contributed by atoms with Crippen molar-refractivity contribution in [2.24, 2.45) is 0 Å². The molecule has 0 aliphatic rings. The predicted molar refractivity (Wildman–Crippen MR) is 126 cm³/mol. The van der Waals surface area contributed by atoms with Crippen LogP contribution in [0, 0.1) is 12.7 Å². The summed E-state index contributed by atoms with van der Waals surface area (Å²) in [6, 6.07) is 13.2. The zero-order chi connectivity index (χ0) is 23.0. The lowest BCUT2D eigenvalue weighted by Gasteiger charge is -2.15. The molecule has 2 aromatic heterocycles. The van der Waals surface area contributed by atoms with E-state index in [1.165, 1.54) is 34.1 Å². The first-order valence-corrected chi connectivity index (χ1v) is 11.0. The zero-order valence-corrected chi connectivity index (χ0v) is 18.7. The van der Waals surface area contributed by atoms with Gasteiger partial charge in [-0.3, -0.25) is 14.2 Å². The van der Waals surface area contributed by atoms with Crippen molar-refractivity contribution in [3.63, 3.8) is 0 Å². The van der Waals surface area contributed by atoms with Gasteiger partial charge in [0.1, 0.15) is 17.1 Å². The standard InChI is InChI=1S/C24H22FN3O3S/c1-14(2)17-6-4-5-7-19(17)26-21(29)13-27-20-10-11-32-22(20)23(30)28(24(27)31)16-8-9-18(25)15(3)12-16/h4-12,14H,13H2,1-3H3,(H,26,29). The number of nitrogens with one attached hydrogen (secondary N) is 1. The minimum Gasteiger partial charge on any atom is -0.324 e. The molecule has 2 heterocycles. The van der Waals surface area contributed by atoms with E-state index in [2.05, 4.69) is 5.32 Å². The Morgan fingerprint density at radius 2 is 1.88 bits per heavy atom. The van der Waals surface area contributed by atoms with Gasteiger partial charge in [0.05, 0.1) is 11.2 Å². The summed E-state index contributed by atoms with van der Waals surface area (Å²) in [6.45, 7) is 5.36. The molecule has 0 saturated heterocycles. The van der Waals surface area contributed by atoms with Gasteiger partial charge in [-0.15, -0.1) is 11.3 Å². The van der Waals surface area contributed by atoms with Crippen LogP contribution in [-0.4, -0.2) is 15.0 Å². The van der Waals surface area contributed by atoms with Crippen molar-refractivity contribution < 1.29 is 9.18 Å². The van der Waals surface area contributed by atoms with E-state index >= 15 is 0 Å². The van der Waals surface area contributed by atoms with E-state index in [0.29, 0.717) is 21.5 Å². The topological polar surface area (TPSA) is 73.1 Å². The molecule has 0 fully saturated rings. The van der Waals surface area contributed by atoms with Crippen LogP contribution in [0.25, 0.3) is 15.9 Å². The molecule has 0 saturated carbocycles. The first-order chi connectivity index (χ1) is 15.3. The molecule has 0 aliphatic carbocycles. The quantitative estimate of drug-likeness (QED) is 0.488. The summed E-state index contributed by atoms with van der Waals surface area (Å²) < 4.78 is 16.4. The molecule has 8 heteroatoms. The van der Waals surface area contributed by atoms with Crippen LogP contribution in [-0.2, 0) is 11.3 Å². The fourth-order valence-electron chi connectivity index (χ4n) is 3.68. The van der Waals surface area contributed by atoms with E-state index in [4.69, 9.17) is 0 Å². The third-order valence-electron chi connectivity index (χ3n) is 5.31. The van der Waals surface area contributed by atoms with Gasteiger partial charge in [0.2, 0.25) is 5.91 Å². The number of benzene rings is 2. The number of hydrogen-bond acceptors (Lipinski definition) is 4. The molecular weight excluding hydrogens is 429 g/mol. The number of rotatable bonds is 5. The minimum atomic E-state index is -0.654. The second kappa shape index (κ2) is 8.55. The maximum absolute atomic E-state index is 13.7. The highest BCUT2D eigenvalue weighted by Gasteiger charge is 2.19. The van der Waals surface area contributed by atoms with Gasteiger partial charge in [0.25, 0.3) is 5.56 Å².